The first-order valence-corrected chi connectivity index (χ1v) is 9.80. The van der Waals surface area contributed by atoms with Crippen LogP contribution in [0.1, 0.15) is 11.1 Å². The third-order valence-corrected chi connectivity index (χ3v) is 4.33. The van der Waals surface area contributed by atoms with Gasteiger partial charge < -0.3 is 26.2 Å². The van der Waals surface area contributed by atoms with Gasteiger partial charge in [0.15, 0.2) is 23.0 Å². The SMILES string of the molecule is C[S+](C)CCc1ccc(O)c(O)c1.NCCc1ccc(O)c(O)c1. The van der Waals surface area contributed by atoms with E-state index in [-0.39, 0.29) is 23.0 Å². The lowest BCUT2D eigenvalue weighted by Crippen LogP contribution is -2.04. The molecule has 0 saturated heterocycles. The number of aryl methyl sites for hydroxylation is 1. The molecule has 5 nitrogen and oxygen atoms in total. The molecule has 0 amide bonds. The van der Waals surface area contributed by atoms with E-state index in [0.29, 0.717) is 23.9 Å². The molecule has 0 heterocycles. The maximum atomic E-state index is 9.22. The van der Waals surface area contributed by atoms with Crippen LogP contribution in [-0.4, -0.2) is 45.2 Å². The Labute approximate surface area is 145 Å². The molecule has 0 aliphatic rings. The van der Waals surface area contributed by atoms with E-state index in [1.165, 1.54) is 18.2 Å². The first-order chi connectivity index (χ1) is 11.3. The second-order valence-corrected chi connectivity index (χ2v) is 8.00. The van der Waals surface area contributed by atoms with Gasteiger partial charge in [0.05, 0.1) is 12.5 Å². The van der Waals surface area contributed by atoms with Crippen molar-refractivity contribution in [3.05, 3.63) is 47.5 Å². The number of phenolic OH excluding ortho intramolecular Hbond substituents is 4. The standard InChI is InChI=1S/C10H14O2S.C8H11NO2/c1-13(2)6-5-8-3-4-9(11)10(12)7-8;9-4-3-6-1-2-7(10)8(11)5-6/h3-4,7H,5-6H2,1-2H3,(H-,11,12);1-2,5,10-11H,3-4,9H2/p+1. The maximum Gasteiger partial charge on any atom is 0.157 e. The summed E-state index contributed by atoms with van der Waals surface area (Å²) in [5, 5.41) is 36.3. The number of rotatable bonds is 5. The van der Waals surface area contributed by atoms with Crippen molar-refractivity contribution < 1.29 is 20.4 Å². The van der Waals surface area contributed by atoms with E-state index >= 15 is 0 Å². The molecule has 0 fully saturated rings. The highest BCUT2D eigenvalue weighted by atomic mass is 32.2. The molecule has 6 heteroatoms. The van der Waals surface area contributed by atoms with Crippen molar-refractivity contribution in [3.8, 4) is 23.0 Å². The molecule has 2 rings (SSSR count). The highest BCUT2D eigenvalue weighted by molar-refractivity contribution is 7.95. The molecule has 0 aromatic heterocycles. The van der Waals surface area contributed by atoms with Gasteiger partial charge in [-0.25, -0.2) is 0 Å². The second kappa shape index (κ2) is 9.95. The van der Waals surface area contributed by atoms with Crippen LogP contribution < -0.4 is 5.73 Å². The van der Waals surface area contributed by atoms with Crippen molar-refractivity contribution >= 4 is 10.9 Å². The smallest absolute Gasteiger partial charge is 0.157 e. The molecule has 0 saturated carbocycles. The lowest BCUT2D eigenvalue weighted by atomic mass is 10.1. The third kappa shape index (κ3) is 7.02. The average molecular weight is 352 g/mol. The summed E-state index contributed by atoms with van der Waals surface area (Å²) in [6.45, 7) is 0.546. The average Bonchev–Trinajstić information content (AvgIpc) is 2.53. The molecule has 0 unspecified atom stereocenters. The molecule has 6 N–H and O–H groups in total. The fourth-order valence-electron chi connectivity index (χ4n) is 1.94. The van der Waals surface area contributed by atoms with Gasteiger partial charge in [-0.15, -0.1) is 0 Å². The normalized spacial score (nSPS) is 10.3. The zero-order valence-corrected chi connectivity index (χ0v) is 14.9. The quantitative estimate of drug-likeness (QED) is 0.418. The highest BCUT2D eigenvalue weighted by Gasteiger charge is 2.05. The minimum Gasteiger partial charge on any atom is -0.504 e. The van der Waals surface area contributed by atoms with Crippen LogP contribution in [0.2, 0.25) is 0 Å². The summed E-state index contributed by atoms with van der Waals surface area (Å²) >= 11 is 0. The molecule has 0 aliphatic carbocycles. The van der Waals surface area contributed by atoms with Crippen LogP contribution in [0.4, 0.5) is 0 Å². The Morgan fingerprint density at radius 3 is 1.58 bits per heavy atom. The molecule has 0 radical (unpaired) electrons. The first kappa shape index (κ1) is 20.0. The zero-order valence-electron chi connectivity index (χ0n) is 14.1. The summed E-state index contributed by atoms with van der Waals surface area (Å²) < 4.78 is 0. The Hall–Kier alpha value is -2.05. The predicted molar refractivity (Wildman–Crippen MR) is 100 cm³/mol. The molecule has 2 aromatic carbocycles. The van der Waals surface area contributed by atoms with Gasteiger partial charge in [-0.1, -0.05) is 12.1 Å². The van der Waals surface area contributed by atoms with Crippen molar-refractivity contribution in [1.29, 1.82) is 0 Å². The molecule has 2 aromatic rings. The third-order valence-electron chi connectivity index (χ3n) is 3.31. The van der Waals surface area contributed by atoms with Crippen LogP contribution >= 0.6 is 0 Å². The van der Waals surface area contributed by atoms with Gasteiger partial charge in [0, 0.05) is 6.42 Å². The second-order valence-electron chi connectivity index (χ2n) is 5.62. The van der Waals surface area contributed by atoms with Gasteiger partial charge in [-0.05, 0) is 59.3 Å². The lowest BCUT2D eigenvalue weighted by molar-refractivity contribution is 0.403. The Balaban J connectivity index is 0.000000243. The van der Waals surface area contributed by atoms with E-state index in [1.807, 2.05) is 6.07 Å². The monoisotopic (exact) mass is 352 g/mol. The number of phenols is 4. The van der Waals surface area contributed by atoms with Gasteiger partial charge in [0.2, 0.25) is 0 Å². The Kier molecular flexibility index (Phi) is 8.29. The van der Waals surface area contributed by atoms with E-state index in [1.54, 1.807) is 12.1 Å². The molecular formula is C18H26NO4S+. The highest BCUT2D eigenvalue weighted by Crippen LogP contribution is 2.25. The minimum absolute atomic E-state index is 0.0235. The number of hydrogen-bond donors (Lipinski definition) is 5. The van der Waals surface area contributed by atoms with E-state index in [2.05, 4.69) is 12.5 Å². The van der Waals surface area contributed by atoms with Crippen molar-refractivity contribution in [2.75, 3.05) is 24.8 Å². The van der Waals surface area contributed by atoms with Crippen molar-refractivity contribution in [3.63, 3.8) is 0 Å². The number of nitrogens with two attached hydrogens (primary N) is 1. The van der Waals surface area contributed by atoms with E-state index in [9.17, 15) is 5.11 Å². The lowest BCUT2D eigenvalue weighted by Gasteiger charge is -2.01. The summed E-state index contributed by atoms with van der Waals surface area (Å²) in [7, 11) is 0.428. The summed E-state index contributed by atoms with van der Waals surface area (Å²) in [6.07, 6.45) is 6.07. The Morgan fingerprint density at radius 1 is 0.750 bits per heavy atom. The molecule has 0 aliphatic heterocycles. The topological polar surface area (TPSA) is 107 Å². The molecule has 0 bridgehead atoms. The van der Waals surface area contributed by atoms with Crippen LogP contribution in [0.3, 0.4) is 0 Å². The molecule has 0 spiro atoms. The van der Waals surface area contributed by atoms with Gasteiger partial charge in [0.25, 0.3) is 0 Å². The van der Waals surface area contributed by atoms with E-state index in [0.717, 1.165) is 23.3 Å². The molecule has 24 heavy (non-hydrogen) atoms. The van der Waals surface area contributed by atoms with Crippen LogP contribution in [0.15, 0.2) is 36.4 Å². The van der Waals surface area contributed by atoms with Crippen LogP contribution in [0.25, 0.3) is 0 Å². The maximum absolute atomic E-state index is 9.22. The van der Waals surface area contributed by atoms with Crippen LogP contribution in [0.5, 0.6) is 23.0 Å². The van der Waals surface area contributed by atoms with E-state index in [4.69, 9.17) is 21.1 Å². The van der Waals surface area contributed by atoms with Gasteiger partial charge in [-0.3, -0.25) is 0 Å². The largest absolute Gasteiger partial charge is 0.504 e. The van der Waals surface area contributed by atoms with Crippen molar-refractivity contribution in [1.82, 2.24) is 0 Å². The summed E-state index contributed by atoms with van der Waals surface area (Å²) in [4.78, 5) is 0. The van der Waals surface area contributed by atoms with Crippen LogP contribution in [-0.2, 0) is 23.7 Å². The van der Waals surface area contributed by atoms with Crippen LogP contribution in [0, 0.1) is 0 Å². The summed E-state index contributed by atoms with van der Waals surface area (Å²) in [5.41, 5.74) is 7.32. The van der Waals surface area contributed by atoms with Crippen molar-refractivity contribution in [2.24, 2.45) is 5.73 Å². The van der Waals surface area contributed by atoms with E-state index < -0.39 is 0 Å². The Bertz CT molecular complexity index is 647. The molecule has 132 valence electrons. The summed E-state index contributed by atoms with van der Waals surface area (Å²) in [6, 6.07) is 9.72. The number of aromatic hydroxyl groups is 4. The first-order valence-electron chi connectivity index (χ1n) is 7.59. The van der Waals surface area contributed by atoms with Gasteiger partial charge in [0.1, 0.15) is 5.75 Å². The van der Waals surface area contributed by atoms with Gasteiger partial charge in [-0.2, -0.15) is 0 Å². The summed E-state index contributed by atoms with van der Waals surface area (Å²) in [5.74, 6) is 0.881. The minimum atomic E-state index is -0.0919. The zero-order chi connectivity index (χ0) is 18.1. The molecule has 0 atom stereocenters. The van der Waals surface area contributed by atoms with Crippen molar-refractivity contribution in [2.45, 2.75) is 12.8 Å². The molecular weight excluding hydrogens is 326 g/mol. The fraction of sp³-hybridized carbons (Fsp3) is 0.333. The predicted octanol–water partition coefficient (Wildman–Crippen LogP) is 2.12. The fourth-order valence-corrected chi connectivity index (χ4v) is 2.58. The number of hydrogen-bond acceptors (Lipinski definition) is 5. The Morgan fingerprint density at radius 2 is 1.21 bits per heavy atom. The number of benzene rings is 2. The van der Waals surface area contributed by atoms with Gasteiger partial charge >= 0.3 is 0 Å².